The lowest BCUT2D eigenvalue weighted by atomic mass is 9.92. The van der Waals surface area contributed by atoms with Gasteiger partial charge in [-0.2, -0.15) is 0 Å². The third-order valence-corrected chi connectivity index (χ3v) is 5.05. The first kappa shape index (κ1) is 13.0. The Bertz CT molecular complexity index is 677. The predicted octanol–water partition coefficient (Wildman–Crippen LogP) is 3.97. The summed E-state index contributed by atoms with van der Waals surface area (Å²) in [7, 11) is 0. The molecule has 0 heterocycles. The van der Waals surface area contributed by atoms with E-state index in [9.17, 15) is 13.9 Å². The van der Waals surface area contributed by atoms with Crippen molar-refractivity contribution in [3.8, 4) is 0 Å². The van der Waals surface area contributed by atoms with Crippen LogP contribution in [0.25, 0.3) is 0 Å². The van der Waals surface area contributed by atoms with Gasteiger partial charge in [-0.25, -0.2) is 8.78 Å². The zero-order valence-corrected chi connectivity index (χ0v) is 11.5. The molecule has 2 aromatic carbocycles. The molecule has 0 amide bonds. The second-order valence-corrected chi connectivity index (χ2v) is 6.08. The molecular weight excluding hydrogens is 270 g/mol. The van der Waals surface area contributed by atoms with Gasteiger partial charge in [0.15, 0.2) is 0 Å². The molecule has 4 unspecified atom stereocenters. The SMILES string of the molecule is OC(c1c(F)cccc1F)C1C2CCc3ccccc3C21. The van der Waals surface area contributed by atoms with Crippen molar-refractivity contribution in [3.63, 3.8) is 0 Å². The maximum Gasteiger partial charge on any atom is 0.131 e. The molecule has 0 bridgehead atoms. The van der Waals surface area contributed by atoms with E-state index in [-0.39, 0.29) is 17.4 Å². The third-order valence-electron chi connectivity index (χ3n) is 5.05. The molecule has 0 spiro atoms. The number of hydrogen-bond donors (Lipinski definition) is 1. The standard InChI is InChI=1S/C18H16F2O/c19-13-6-3-7-14(20)17(13)18(21)16-12-9-8-10-4-1-2-5-11(10)15(12)16/h1-7,12,15-16,18,21H,8-9H2. The van der Waals surface area contributed by atoms with Gasteiger partial charge in [0.2, 0.25) is 0 Å². The number of aliphatic hydroxyl groups excluding tert-OH is 1. The lowest BCUT2D eigenvalue weighted by Crippen LogP contribution is -2.07. The molecule has 0 saturated heterocycles. The Kier molecular flexibility index (Phi) is 2.86. The first-order valence-corrected chi connectivity index (χ1v) is 7.38. The van der Waals surface area contributed by atoms with Crippen LogP contribution in [0.4, 0.5) is 8.78 Å². The summed E-state index contributed by atoms with van der Waals surface area (Å²) in [5, 5.41) is 10.5. The lowest BCUT2D eigenvalue weighted by molar-refractivity contribution is 0.136. The second-order valence-electron chi connectivity index (χ2n) is 6.08. The Morgan fingerprint density at radius 3 is 2.48 bits per heavy atom. The van der Waals surface area contributed by atoms with Crippen LogP contribution in [-0.2, 0) is 6.42 Å². The Morgan fingerprint density at radius 2 is 1.71 bits per heavy atom. The summed E-state index contributed by atoms with van der Waals surface area (Å²) in [4.78, 5) is 0. The number of fused-ring (bicyclic) bond motifs is 3. The Hall–Kier alpha value is -1.74. The Morgan fingerprint density at radius 1 is 1.00 bits per heavy atom. The Balaban J connectivity index is 1.68. The maximum atomic E-state index is 13.9. The molecule has 0 aromatic heterocycles. The van der Waals surface area contributed by atoms with Crippen molar-refractivity contribution in [2.75, 3.05) is 0 Å². The van der Waals surface area contributed by atoms with E-state index in [4.69, 9.17) is 0 Å². The van der Waals surface area contributed by atoms with Crippen molar-refractivity contribution in [3.05, 3.63) is 70.8 Å². The highest BCUT2D eigenvalue weighted by molar-refractivity contribution is 5.41. The molecule has 0 aliphatic heterocycles. The summed E-state index contributed by atoms with van der Waals surface area (Å²) in [6.07, 6.45) is 0.909. The lowest BCUT2D eigenvalue weighted by Gasteiger charge is -2.14. The van der Waals surface area contributed by atoms with Crippen molar-refractivity contribution in [2.24, 2.45) is 11.8 Å². The summed E-state index contributed by atoms with van der Waals surface area (Å²) in [5.74, 6) is -0.795. The largest absolute Gasteiger partial charge is 0.388 e. The van der Waals surface area contributed by atoms with Crippen LogP contribution in [-0.4, -0.2) is 5.11 Å². The van der Waals surface area contributed by atoms with Crippen LogP contribution in [0, 0.1) is 23.5 Å². The van der Waals surface area contributed by atoms with Crippen molar-refractivity contribution in [1.82, 2.24) is 0 Å². The van der Waals surface area contributed by atoms with Gasteiger partial charge in [-0.05, 0) is 53.9 Å². The number of rotatable bonds is 2. The number of aliphatic hydroxyl groups is 1. The van der Waals surface area contributed by atoms with Gasteiger partial charge in [0.05, 0.1) is 11.7 Å². The Labute approximate surface area is 122 Å². The highest BCUT2D eigenvalue weighted by atomic mass is 19.1. The van der Waals surface area contributed by atoms with Gasteiger partial charge in [0, 0.05) is 0 Å². The fourth-order valence-electron chi connectivity index (χ4n) is 4.04. The molecule has 1 fully saturated rings. The molecule has 4 atom stereocenters. The zero-order valence-electron chi connectivity index (χ0n) is 11.5. The normalized spacial score (nSPS) is 27.7. The molecule has 21 heavy (non-hydrogen) atoms. The van der Waals surface area contributed by atoms with Gasteiger partial charge >= 0.3 is 0 Å². The van der Waals surface area contributed by atoms with E-state index in [1.807, 2.05) is 12.1 Å². The minimum absolute atomic E-state index is 0.0694. The van der Waals surface area contributed by atoms with Crippen LogP contribution < -0.4 is 0 Å². The zero-order chi connectivity index (χ0) is 14.6. The van der Waals surface area contributed by atoms with E-state index in [0.717, 1.165) is 12.8 Å². The average molecular weight is 286 g/mol. The molecule has 1 N–H and O–H groups in total. The van der Waals surface area contributed by atoms with E-state index >= 15 is 0 Å². The van der Waals surface area contributed by atoms with Gasteiger partial charge in [-0.3, -0.25) is 0 Å². The molecule has 1 saturated carbocycles. The molecule has 2 aliphatic rings. The second kappa shape index (κ2) is 4.63. The average Bonchev–Trinajstić information content (AvgIpc) is 3.22. The summed E-state index contributed by atoms with van der Waals surface area (Å²) in [6.45, 7) is 0. The fraction of sp³-hybridized carbons (Fsp3) is 0.333. The number of aryl methyl sites for hydroxylation is 1. The van der Waals surface area contributed by atoms with Crippen molar-refractivity contribution >= 4 is 0 Å². The highest BCUT2D eigenvalue weighted by Gasteiger charge is 2.57. The topological polar surface area (TPSA) is 20.2 Å². The van der Waals surface area contributed by atoms with E-state index in [1.165, 1.54) is 29.3 Å². The number of halogens is 2. The van der Waals surface area contributed by atoms with Crippen molar-refractivity contribution in [1.29, 1.82) is 0 Å². The molecule has 0 radical (unpaired) electrons. The fourth-order valence-corrected chi connectivity index (χ4v) is 4.04. The molecule has 1 nitrogen and oxygen atoms in total. The van der Waals surface area contributed by atoms with Crippen LogP contribution in [0.2, 0.25) is 0 Å². The minimum atomic E-state index is -1.06. The monoisotopic (exact) mass is 286 g/mol. The molecule has 2 aromatic rings. The van der Waals surface area contributed by atoms with E-state index in [2.05, 4.69) is 12.1 Å². The first-order valence-electron chi connectivity index (χ1n) is 7.38. The smallest absolute Gasteiger partial charge is 0.131 e. The van der Waals surface area contributed by atoms with Gasteiger partial charge in [-0.1, -0.05) is 30.3 Å². The quantitative estimate of drug-likeness (QED) is 0.885. The summed E-state index contributed by atoms with van der Waals surface area (Å²) >= 11 is 0. The first-order chi connectivity index (χ1) is 10.2. The predicted molar refractivity (Wildman–Crippen MR) is 75.8 cm³/mol. The highest BCUT2D eigenvalue weighted by Crippen LogP contribution is 2.64. The van der Waals surface area contributed by atoms with Gasteiger partial charge in [0.25, 0.3) is 0 Å². The molecule has 3 heteroatoms. The van der Waals surface area contributed by atoms with Crippen molar-refractivity contribution < 1.29 is 13.9 Å². The summed E-state index contributed by atoms with van der Waals surface area (Å²) in [5.41, 5.74) is 2.38. The molecule has 2 aliphatic carbocycles. The van der Waals surface area contributed by atoms with Crippen molar-refractivity contribution in [2.45, 2.75) is 24.9 Å². The maximum absolute atomic E-state index is 13.9. The van der Waals surface area contributed by atoms with Crippen LogP contribution in [0.3, 0.4) is 0 Å². The van der Waals surface area contributed by atoms with Gasteiger partial charge in [-0.15, -0.1) is 0 Å². The van der Waals surface area contributed by atoms with Crippen LogP contribution >= 0.6 is 0 Å². The number of benzene rings is 2. The van der Waals surface area contributed by atoms with E-state index in [1.54, 1.807) is 0 Å². The minimum Gasteiger partial charge on any atom is -0.388 e. The van der Waals surface area contributed by atoms with Gasteiger partial charge in [0.1, 0.15) is 11.6 Å². The molecule has 4 rings (SSSR count). The van der Waals surface area contributed by atoms with E-state index < -0.39 is 17.7 Å². The summed E-state index contributed by atoms with van der Waals surface area (Å²) < 4.78 is 27.7. The molecular formula is C18H16F2O. The van der Waals surface area contributed by atoms with Gasteiger partial charge < -0.3 is 5.11 Å². The number of hydrogen-bond acceptors (Lipinski definition) is 1. The summed E-state index contributed by atoms with van der Waals surface area (Å²) in [6, 6.07) is 11.9. The molecule has 108 valence electrons. The van der Waals surface area contributed by atoms with Crippen LogP contribution in [0.15, 0.2) is 42.5 Å². The van der Waals surface area contributed by atoms with Crippen LogP contribution in [0.5, 0.6) is 0 Å². The van der Waals surface area contributed by atoms with Crippen LogP contribution in [0.1, 0.15) is 35.1 Å². The third kappa shape index (κ3) is 1.91. The van der Waals surface area contributed by atoms with E-state index in [0.29, 0.717) is 5.92 Å².